The second kappa shape index (κ2) is 12.3. The lowest BCUT2D eigenvalue weighted by atomic mass is 10.0. The molecule has 10 heteroatoms. The zero-order chi connectivity index (χ0) is 29.1. The summed E-state index contributed by atoms with van der Waals surface area (Å²) in [5.41, 5.74) is 3.96. The highest BCUT2D eigenvalue weighted by Gasteiger charge is 2.35. The van der Waals surface area contributed by atoms with E-state index in [1.807, 2.05) is 36.4 Å². The highest BCUT2D eigenvalue weighted by Crippen LogP contribution is 2.34. The van der Waals surface area contributed by atoms with Crippen molar-refractivity contribution in [2.24, 2.45) is 0 Å². The number of hydrogen-bond donors (Lipinski definition) is 0. The Morgan fingerprint density at radius 2 is 1.81 bits per heavy atom. The summed E-state index contributed by atoms with van der Waals surface area (Å²) in [6, 6.07) is 26.1. The van der Waals surface area contributed by atoms with E-state index >= 15 is 0 Å². The average molecular weight is 581 g/mol. The second-order valence-electron chi connectivity index (χ2n) is 10.6. The normalized spacial score (nSPS) is 17.5. The largest absolute Gasteiger partial charge is 0.609 e. The maximum Gasteiger partial charge on any atom is 0.410 e. The Hall–Kier alpha value is -4.33. The maximum atomic E-state index is 13.0. The van der Waals surface area contributed by atoms with Crippen molar-refractivity contribution in [2.75, 3.05) is 42.2 Å². The number of ether oxygens (including phenoxy) is 1. The van der Waals surface area contributed by atoms with Crippen LogP contribution in [0.1, 0.15) is 23.2 Å². The molecule has 3 heterocycles. The van der Waals surface area contributed by atoms with Gasteiger partial charge in [-0.1, -0.05) is 66.7 Å². The van der Waals surface area contributed by atoms with Crippen LogP contribution in [0.2, 0.25) is 0 Å². The van der Waals surface area contributed by atoms with Gasteiger partial charge in [0.05, 0.1) is 30.8 Å². The Balaban J connectivity index is 1.25. The van der Waals surface area contributed by atoms with E-state index < -0.39 is 17.3 Å². The van der Waals surface area contributed by atoms with Gasteiger partial charge in [0.15, 0.2) is 0 Å². The molecule has 0 spiro atoms. The van der Waals surface area contributed by atoms with Gasteiger partial charge in [0.2, 0.25) is 0 Å². The molecule has 1 amide bonds. The fourth-order valence-corrected chi connectivity index (χ4v) is 6.29. The maximum absolute atomic E-state index is 13.0. The summed E-state index contributed by atoms with van der Waals surface area (Å²) >= 11 is -1.37. The third-order valence-electron chi connectivity index (χ3n) is 7.94. The number of carbonyl (C=O) groups is 1. The standard InChI is InChI=1S/C32H32N6O3S/c1-42(40)31-34-28-21-36(29-13-7-11-24-10-5-6-12-26(24)29)17-15-27(28)30(35-31)37-18-19-38(25(20-37)14-16-33)32(39)41-22-23-8-3-2-4-9-23/h2-13,25H,14-15,17-22H2,1H3/t25-,42?/m0/s1. The van der Waals surface area contributed by atoms with E-state index in [1.165, 1.54) is 10.8 Å². The van der Waals surface area contributed by atoms with E-state index in [2.05, 4.69) is 52.3 Å². The lowest BCUT2D eigenvalue weighted by Crippen LogP contribution is -2.56. The average Bonchev–Trinajstić information content (AvgIpc) is 3.03. The minimum absolute atomic E-state index is 0.172. The Bertz CT molecular complexity index is 1620. The summed E-state index contributed by atoms with van der Waals surface area (Å²) in [4.78, 5) is 28.7. The summed E-state index contributed by atoms with van der Waals surface area (Å²) in [5, 5.41) is 12.3. The van der Waals surface area contributed by atoms with E-state index in [1.54, 1.807) is 11.2 Å². The van der Waals surface area contributed by atoms with Gasteiger partial charge in [-0.15, -0.1) is 0 Å². The van der Waals surface area contributed by atoms with Crippen LogP contribution in [0.3, 0.4) is 0 Å². The molecule has 0 N–H and O–H groups in total. The molecule has 1 unspecified atom stereocenters. The molecule has 0 saturated carbocycles. The summed E-state index contributed by atoms with van der Waals surface area (Å²) in [6.45, 7) is 2.90. The molecular formula is C32H32N6O3S. The number of rotatable bonds is 6. The van der Waals surface area contributed by atoms with Crippen LogP contribution >= 0.6 is 0 Å². The van der Waals surface area contributed by atoms with Crippen LogP contribution in [0, 0.1) is 11.3 Å². The predicted octanol–water partition coefficient (Wildman–Crippen LogP) is 4.67. The van der Waals surface area contributed by atoms with Crippen LogP contribution in [0.25, 0.3) is 10.8 Å². The molecule has 1 aromatic heterocycles. The van der Waals surface area contributed by atoms with Gasteiger partial charge in [-0.3, -0.25) is 0 Å². The number of nitrogens with zero attached hydrogens (tertiary/aromatic N) is 6. The first-order valence-corrected chi connectivity index (χ1v) is 15.6. The molecule has 214 valence electrons. The number of nitriles is 1. The number of anilines is 2. The van der Waals surface area contributed by atoms with Crippen molar-refractivity contribution >= 4 is 39.5 Å². The van der Waals surface area contributed by atoms with Crippen LogP contribution < -0.4 is 9.80 Å². The molecular weight excluding hydrogens is 548 g/mol. The smallest absolute Gasteiger partial charge is 0.410 e. The highest BCUT2D eigenvalue weighted by molar-refractivity contribution is 7.90. The monoisotopic (exact) mass is 580 g/mol. The van der Waals surface area contributed by atoms with Crippen molar-refractivity contribution < 1.29 is 14.1 Å². The predicted molar refractivity (Wildman–Crippen MR) is 163 cm³/mol. The van der Waals surface area contributed by atoms with E-state index in [0.717, 1.165) is 41.3 Å². The van der Waals surface area contributed by atoms with Gasteiger partial charge in [-0.25, -0.2) is 4.79 Å². The van der Waals surface area contributed by atoms with E-state index in [0.29, 0.717) is 31.3 Å². The number of piperazine rings is 1. The van der Waals surface area contributed by atoms with Gasteiger partial charge < -0.3 is 24.0 Å². The number of benzene rings is 3. The third kappa shape index (κ3) is 5.71. The van der Waals surface area contributed by atoms with Crippen molar-refractivity contribution in [1.82, 2.24) is 14.9 Å². The lowest BCUT2D eigenvalue weighted by Gasteiger charge is -2.41. The fourth-order valence-electron chi connectivity index (χ4n) is 5.84. The molecule has 1 saturated heterocycles. The number of fused-ring (bicyclic) bond motifs is 2. The Kier molecular flexibility index (Phi) is 8.13. The molecule has 2 atom stereocenters. The lowest BCUT2D eigenvalue weighted by molar-refractivity contribution is 0.0767. The van der Waals surface area contributed by atoms with Crippen molar-refractivity contribution in [3.05, 3.63) is 89.6 Å². The number of hydrogen-bond acceptors (Lipinski definition) is 8. The number of amides is 1. The van der Waals surface area contributed by atoms with Gasteiger partial charge in [-0.05, 0) is 23.4 Å². The molecule has 1 fully saturated rings. The van der Waals surface area contributed by atoms with Crippen molar-refractivity contribution in [3.63, 3.8) is 0 Å². The van der Waals surface area contributed by atoms with Gasteiger partial charge in [0.1, 0.15) is 18.7 Å². The summed E-state index contributed by atoms with van der Waals surface area (Å²) in [5.74, 6) is 0.753. The third-order valence-corrected chi connectivity index (χ3v) is 8.63. The van der Waals surface area contributed by atoms with Gasteiger partial charge >= 0.3 is 11.2 Å². The molecule has 9 nitrogen and oxygen atoms in total. The first-order valence-electron chi connectivity index (χ1n) is 14.1. The number of carbonyl (C=O) groups excluding carboxylic acids is 1. The van der Waals surface area contributed by atoms with E-state index in [9.17, 15) is 14.6 Å². The molecule has 0 radical (unpaired) electrons. The first-order chi connectivity index (χ1) is 20.5. The second-order valence-corrected chi connectivity index (χ2v) is 11.8. The zero-order valence-electron chi connectivity index (χ0n) is 23.5. The molecule has 3 aromatic carbocycles. The zero-order valence-corrected chi connectivity index (χ0v) is 24.3. The first kappa shape index (κ1) is 27.8. The van der Waals surface area contributed by atoms with Crippen LogP contribution in [-0.4, -0.2) is 64.0 Å². The Morgan fingerprint density at radius 1 is 1.02 bits per heavy atom. The Morgan fingerprint density at radius 3 is 2.62 bits per heavy atom. The van der Waals surface area contributed by atoms with Crippen molar-refractivity contribution in [1.29, 1.82) is 5.26 Å². The van der Waals surface area contributed by atoms with Crippen LogP contribution in [0.5, 0.6) is 0 Å². The molecule has 42 heavy (non-hydrogen) atoms. The van der Waals surface area contributed by atoms with Crippen LogP contribution in [-0.2, 0) is 35.5 Å². The fraction of sp³-hybridized carbons (Fsp3) is 0.312. The van der Waals surface area contributed by atoms with E-state index in [4.69, 9.17) is 14.7 Å². The molecule has 6 rings (SSSR count). The summed E-state index contributed by atoms with van der Waals surface area (Å²) in [6.07, 6.45) is 2.07. The molecule has 4 aromatic rings. The van der Waals surface area contributed by atoms with Crippen molar-refractivity contribution in [3.8, 4) is 6.07 Å². The molecule has 0 aliphatic carbocycles. The summed E-state index contributed by atoms with van der Waals surface area (Å²) < 4.78 is 18.2. The highest BCUT2D eigenvalue weighted by atomic mass is 32.2. The quantitative estimate of drug-likeness (QED) is 0.239. The SMILES string of the molecule is C[S+]([O-])c1nc2c(c(N3CCN(C(=O)OCc4ccccc4)[C@@H](CC#N)C3)n1)CCN(c1cccc3ccccc13)C2. The van der Waals surface area contributed by atoms with Crippen molar-refractivity contribution in [2.45, 2.75) is 37.2 Å². The molecule has 2 aliphatic heterocycles. The minimum atomic E-state index is -1.37. The summed E-state index contributed by atoms with van der Waals surface area (Å²) in [7, 11) is 0. The van der Waals surface area contributed by atoms with E-state index in [-0.39, 0.29) is 19.1 Å². The molecule has 0 bridgehead atoms. The minimum Gasteiger partial charge on any atom is -0.609 e. The van der Waals surface area contributed by atoms with Crippen LogP contribution in [0.4, 0.5) is 16.3 Å². The van der Waals surface area contributed by atoms with Gasteiger partial charge in [0.25, 0.3) is 0 Å². The van der Waals surface area contributed by atoms with Crippen LogP contribution in [0.15, 0.2) is 78.0 Å². The van der Waals surface area contributed by atoms with Gasteiger partial charge in [-0.2, -0.15) is 15.2 Å². The van der Waals surface area contributed by atoms with Gasteiger partial charge in [0, 0.05) is 54.0 Å². The Labute approximate surface area is 248 Å². The number of aromatic nitrogens is 2. The topological polar surface area (TPSA) is 109 Å². The molecule has 2 aliphatic rings.